The lowest BCUT2D eigenvalue weighted by molar-refractivity contribution is 0.316. The standard InChI is InChI=1S/C16H21BrN2OS/c1-3-8-18-10-13-5-4-6-14(17)16(13)20-9-7-15-12(2)19-11-21-15/h4-6,11,18H,3,7-10H2,1-2H3. The Morgan fingerprint density at radius 1 is 1.38 bits per heavy atom. The fourth-order valence-corrected chi connectivity index (χ4v) is 3.35. The summed E-state index contributed by atoms with van der Waals surface area (Å²) in [6.45, 7) is 6.74. The molecule has 0 spiro atoms. The Bertz CT molecular complexity index is 571. The predicted octanol–water partition coefficient (Wildman–Crippen LogP) is 4.34. The van der Waals surface area contributed by atoms with Crippen LogP contribution in [0, 0.1) is 6.92 Å². The molecular formula is C16H21BrN2OS. The van der Waals surface area contributed by atoms with Gasteiger partial charge in [0.1, 0.15) is 5.75 Å². The van der Waals surface area contributed by atoms with Crippen molar-refractivity contribution >= 4 is 27.3 Å². The largest absolute Gasteiger partial charge is 0.492 e. The van der Waals surface area contributed by atoms with Crippen LogP contribution in [0.5, 0.6) is 5.75 Å². The summed E-state index contributed by atoms with van der Waals surface area (Å²) in [5.74, 6) is 0.947. The van der Waals surface area contributed by atoms with E-state index < -0.39 is 0 Å². The number of aromatic nitrogens is 1. The minimum Gasteiger partial charge on any atom is -0.492 e. The molecule has 0 saturated carbocycles. The summed E-state index contributed by atoms with van der Waals surface area (Å²) in [6, 6.07) is 6.19. The van der Waals surface area contributed by atoms with Crippen LogP contribution in [0.25, 0.3) is 0 Å². The first-order valence-electron chi connectivity index (χ1n) is 7.22. The fraction of sp³-hybridized carbons (Fsp3) is 0.438. The third-order valence-corrected chi connectivity index (χ3v) is 4.83. The molecule has 2 aromatic rings. The average Bonchev–Trinajstić information content (AvgIpc) is 2.87. The van der Waals surface area contributed by atoms with Gasteiger partial charge in [0.25, 0.3) is 0 Å². The molecule has 0 aliphatic rings. The van der Waals surface area contributed by atoms with Gasteiger partial charge in [-0.3, -0.25) is 0 Å². The van der Waals surface area contributed by atoms with E-state index in [1.807, 2.05) is 24.6 Å². The molecule has 0 aliphatic carbocycles. The predicted molar refractivity (Wildman–Crippen MR) is 92.2 cm³/mol. The molecule has 0 radical (unpaired) electrons. The molecular weight excluding hydrogens is 348 g/mol. The van der Waals surface area contributed by atoms with Crippen LogP contribution in [0.4, 0.5) is 0 Å². The van der Waals surface area contributed by atoms with E-state index in [9.17, 15) is 0 Å². The maximum atomic E-state index is 6.02. The van der Waals surface area contributed by atoms with E-state index in [2.05, 4.69) is 39.2 Å². The van der Waals surface area contributed by atoms with Crippen molar-refractivity contribution in [2.24, 2.45) is 0 Å². The Morgan fingerprint density at radius 3 is 2.95 bits per heavy atom. The summed E-state index contributed by atoms with van der Waals surface area (Å²) in [5.41, 5.74) is 4.20. The number of nitrogens with one attached hydrogen (secondary N) is 1. The van der Waals surface area contributed by atoms with Crippen LogP contribution in [0.1, 0.15) is 29.5 Å². The second-order valence-electron chi connectivity index (χ2n) is 4.86. The van der Waals surface area contributed by atoms with E-state index >= 15 is 0 Å². The number of rotatable bonds is 8. The quantitative estimate of drug-likeness (QED) is 0.703. The first kappa shape index (κ1) is 16.5. The number of thiazole rings is 1. The van der Waals surface area contributed by atoms with Gasteiger partial charge in [-0.05, 0) is 41.9 Å². The number of benzene rings is 1. The lowest BCUT2D eigenvalue weighted by atomic mass is 10.2. The highest BCUT2D eigenvalue weighted by Crippen LogP contribution is 2.29. The van der Waals surface area contributed by atoms with Crippen molar-refractivity contribution < 1.29 is 4.74 Å². The van der Waals surface area contributed by atoms with Gasteiger partial charge in [0.2, 0.25) is 0 Å². The number of aryl methyl sites for hydroxylation is 1. The number of hydrogen-bond donors (Lipinski definition) is 1. The number of halogens is 1. The maximum absolute atomic E-state index is 6.02. The summed E-state index contributed by atoms with van der Waals surface area (Å²) in [6.07, 6.45) is 2.04. The van der Waals surface area contributed by atoms with Gasteiger partial charge in [-0.25, -0.2) is 4.98 Å². The van der Waals surface area contributed by atoms with Gasteiger partial charge < -0.3 is 10.1 Å². The second kappa shape index (κ2) is 8.51. The van der Waals surface area contributed by atoms with Crippen LogP contribution in [-0.4, -0.2) is 18.1 Å². The highest BCUT2D eigenvalue weighted by atomic mass is 79.9. The normalized spacial score (nSPS) is 10.8. The van der Waals surface area contributed by atoms with E-state index in [0.717, 1.165) is 41.8 Å². The molecule has 1 heterocycles. The first-order chi connectivity index (χ1) is 10.2. The number of hydrogen-bond acceptors (Lipinski definition) is 4. The Labute approximate surface area is 138 Å². The smallest absolute Gasteiger partial charge is 0.137 e. The Kier molecular flexibility index (Phi) is 6.67. The summed E-state index contributed by atoms with van der Waals surface area (Å²) in [7, 11) is 0. The van der Waals surface area contributed by atoms with Crippen molar-refractivity contribution in [1.29, 1.82) is 0 Å². The van der Waals surface area contributed by atoms with Crippen molar-refractivity contribution in [2.75, 3.05) is 13.2 Å². The average molecular weight is 369 g/mol. The second-order valence-corrected chi connectivity index (χ2v) is 6.66. The van der Waals surface area contributed by atoms with Crippen LogP contribution >= 0.6 is 27.3 Å². The molecule has 1 N–H and O–H groups in total. The molecule has 0 fully saturated rings. The molecule has 0 unspecified atom stereocenters. The van der Waals surface area contributed by atoms with E-state index in [1.54, 1.807) is 11.3 Å². The van der Waals surface area contributed by atoms with Crippen molar-refractivity contribution in [3.63, 3.8) is 0 Å². The molecule has 0 bridgehead atoms. The molecule has 0 aliphatic heterocycles. The van der Waals surface area contributed by atoms with E-state index in [-0.39, 0.29) is 0 Å². The molecule has 0 amide bonds. The lowest BCUT2D eigenvalue weighted by Crippen LogP contribution is -2.15. The molecule has 0 atom stereocenters. The van der Waals surface area contributed by atoms with Gasteiger partial charge in [0.15, 0.2) is 0 Å². The van der Waals surface area contributed by atoms with Crippen LogP contribution in [0.3, 0.4) is 0 Å². The van der Waals surface area contributed by atoms with Crippen molar-refractivity contribution in [3.05, 3.63) is 44.3 Å². The van der Waals surface area contributed by atoms with Gasteiger partial charge in [0, 0.05) is 23.4 Å². The monoisotopic (exact) mass is 368 g/mol. The number of para-hydroxylation sites is 1. The third kappa shape index (κ3) is 4.80. The highest BCUT2D eigenvalue weighted by molar-refractivity contribution is 9.10. The molecule has 1 aromatic carbocycles. The van der Waals surface area contributed by atoms with Crippen LogP contribution < -0.4 is 10.1 Å². The highest BCUT2D eigenvalue weighted by Gasteiger charge is 2.09. The summed E-state index contributed by atoms with van der Waals surface area (Å²) < 4.78 is 7.03. The number of nitrogens with zero attached hydrogens (tertiary/aromatic N) is 1. The Balaban J connectivity index is 1.96. The van der Waals surface area contributed by atoms with Gasteiger partial charge in [-0.1, -0.05) is 19.1 Å². The van der Waals surface area contributed by atoms with Crippen LogP contribution in [0.15, 0.2) is 28.2 Å². The topological polar surface area (TPSA) is 34.1 Å². The Hall–Kier alpha value is -0.910. The van der Waals surface area contributed by atoms with E-state index in [0.29, 0.717) is 6.61 Å². The van der Waals surface area contributed by atoms with Crippen LogP contribution in [0.2, 0.25) is 0 Å². The number of ether oxygens (including phenoxy) is 1. The minimum atomic E-state index is 0.673. The molecule has 114 valence electrons. The molecule has 0 saturated heterocycles. The molecule has 3 nitrogen and oxygen atoms in total. The first-order valence-corrected chi connectivity index (χ1v) is 8.89. The van der Waals surface area contributed by atoms with Gasteiger partial charge in [-0.15, -0.1) is 11.3 Å². The van der Waals surface area contributed by atoms with E-state index in [1.165, 1.54) is 10.4 Å². The van der Waals surface area contributed by atoms with Gasteiger partial charge in [0.05, 0.1) is 22.3 Å². The van der Waals surface area contributed by atoms with Crippen molar-refractivity contribution in [1.82, 2.24) is 10.3 Å². The zero-order valence-electron chi connectivity index (χ0n) is 12.5. The lowest BCUT2D eigenvalue weighted by Gasteiger charge is -2.13. The van der Waals surface area contributed by atoms with Crippen molar-refractivity contribution in [2.45, 2.75) is 33.2 Å². The summed E-state index contributed by atoms with van der Waals surface area (Å²) in [4.78, 5) is 5.57. The zero-order valence-corrected chi connectivity index (χ0v) is 14.9. The third-order valence-electron chi connectivity index (χ3n) is 3.21. The molecule has 21 heavy (non-hydrogen) atoms. The fourth-order valence-electron chi connectivity index (χ4n) is 2.07. The van der Waals surface area contributed by atoms with Gasteiger partial charge >= 0.3 is 0 Å². The summed E-state index contributed by atoms with van der Waals surface area (Å²) in [5, 5.41) is 3.42. The molecule has 2 rings (SSSR count). The minimum absolute atomic E-state index is 0.673. The van der Waals surface area contributed by atoms with E-state index in [4.69, 9.17) is 4.74 Å². The maximum Gasteiger partial charge on any atom is 0.137 e. The Morgan fingerprint density at radius 2 is 2.24 bits per heavy atom. The SMILES string of the molecule is CCCNCc1cccc(Br)c1OCCc1scnc1C. The van der Waals surface area contributed by atoms with Gasteiger partial charge in [-0.2, -0.15) is 0 Å². The molecule has 5 heteroatoms. The molecule has 1 aromatic heterocycles. The van der Waals surface area contributed by atoms with Crippen molar-refractivity contribution in [3.8, 4) is 5.75 Å². The van der Waals surface area contributed by atoms with Crippen LogP contribution in [-0.2, 0) is 13.0 Å². The summed E-state index contributed by atoms with van der Waals surface area (Å²) >= 11 is 5.28. The zero-order chi connectivity index (χ0) is 15.1.